The highest BCUT2D eigenvalue weighted by atomic mass is 35.5. The maximum atomic E-state index is 13.7. The van der Waals surface area contributed by atoms with Crippen LogP contribution in [0.3, 0.4) is 0 Å². The van der Waals surface area contributed by atoms with Gasteiger partial charge in [0.1, 0.15) is 22.8 Å². The largest absolute Gasteiger partial charge is 0.511 e. The number of halogens is 1. The predicted octanol–water partition coefficient (Wildman–Crippen LogP) is 3.04. The fourth-order valence-electron chi connectivity index (χ4n) is 7.02. The number of aliphatic hydroxyl groups excluding tert-OH is 2. The standard InChI is InChI=1S/C28H34ClN3O6/c1-31(2)23-16-10-13-9-15-19(17(33)11-14(22(15)29)12-32-7-5-3-4-6-8-32)24(34)18(13)25(35)20(16)26(36)21(27(23)37)28(30)38/h11,13,16,20,23,33,35,37H,3-10,12H2,1-2H3,(H2,30,38)/t13-,16+,20+,23-/m0/s1. The zero-order valence-corrected chi connectivity index (χ0v) is 22.4. The van der Waals surface area contributed by atoms with E-state index in [2.05, 4.69) is 4.90 Å². The van der Waals surface area contributed by atoms with Gasteiger partial charge in [-0.05, 0) is 81.9 Å². The first-order valence-electron chi connectivity index (χ1n) is 13.2. The van der Waals surface area contributed by atoms with E-state index in [0.717, 1.165) is 31.5 Å². The van der Waals surface area contributed by atoms with Gasteiger partial charge in [-0.3, -0.25) is 24.2 Å². The molecule has 5 N–H and O–H groups in total. The summed E-state index contributed by atoms with van der Waals surface area (Å²) in [5.74, 6) is -5.74. The lowest BCUT2D eigenvalue weighted by molar-refractivity contribution is -0.127. The molecule has 0 unspecified atom stereocenters. The number of fused-ring (bicyclic) bond motifs is 3. The smallest absolute Gasteiger partial charge is 0.255 e. The van der Waals surface area contributed by atoms with Gasteiger partial charge in [0.2, 0.25) is 0 Å². The van der Waals surface area contributed by atoms with E-state index in [1.165, 1.54) is 18.9 Å². The summed E-state index contributed by atoms with van der Waals surface area (Å²) in [6.07, 6.45) is 5.20. The Morgan fingerprint density at radius 3 is 2.37 bits per heavy atom. The number of carbonyl (C=O) groups is 3. The molecule has 5 rings (SSSR count). The molecule has 1 aromatic rings. The Hall–Kier alpha value is -2.88. The normalized spacial score (nSPS) is 28.2. The van der Waals surface area contributed by atoms with E-state index in [4.69, 9.17) is 17.3 Å². The van der Waals surface area contributed by atoms with Gasteiger partial charge in [0.15, 0.2) is 11.6 Å². The number of aromatic hydroxyl groups is 1. The summed E-state index contributed by atoms with van der Waals surface area (Å²) in [4.78, 5) is 43.1. The zero-order valence-electron chi connectivity index (χ0n) is 21.7. The van der Waals surface area contributed by atoms with Crippen LogP contribution in [0.15, 0.2) is 28.7 Å². The number of ketones is 2. The van der Waals surface area contributed by atoms with Crippen molar-refractivity contribution in [2.45, 2.75) is 51.1 Å². The van der Waals surface area contributed by atoms with Crippen molar-refractivity contribution in [1.29, 1.82) is 0 Å². The van der Waals surface area contributed by atoms with Crippen molar-refractivity contribution in [3.8, 4) is 5.75 Å². The average molecular weight is 544 g/mol. The number of hydrogen-bond acceptors (Lipinski definition) is 8. The lowest BCUT2D eigenvalue weighted by atomic mass is 9.61. The Bertz CT molecular complexity index is 1280. The monoisotopic (exact) mass is 543 g/mol. The molecule has 9 nitrogen and oxygen atoms in total. The van der Waals surface area contributed by atoms with E-state index >= 15 is 0 Å². The maximum absolute atomic E-state index is 13.7. The number of nitrogens with two attached hydrogens (primary N) is 1. The third kappa shape index (κ3) is 4.21. The lowest BCUT2D eigenvalue weighted by Crippen LogP contribution is -2.53. The molecule has 3 aliphatic carbocycles. The number of carbonyl (C=O) groups excluding carboxylic acids is 3. The average Bonchev–Trinajstić information content (AvgIpc) is 3.10. The number of aliphatic hydroxyl groups is 2. The number of allylic oxidation sites excluding steroid dienone is 2. The Balaban J connectivity index is 1.57. The molecule has 1 amide bonds. The predicted molar refractivity (Wildman–Crippen MR) is 141 cm³/mol. The van der Waals surface area contributed by atoms with Crippen molar-refractivity contribution in [3.05, 3.63) is 50.4 Å². The summed E-state index contributed by atoms with van der Waals surface area (Å²) in [6.45, 7) is 2.47. The zero-order chi connectivity index (χ0) is 27.5. The molecule has 0 bridgehead atoms. The Morgan fingerprint density at radius 2 is 1.76 bits per heavy atom. The number of primary amides is 1. The second kappa shape index (κ2) is 10.0. The minimum absolute atomic E-state index is 0.0480. The van der Waals surface area contributed by atoms with E-state index in [9.17, 15) is 29.7 Å². The van der Waals surface area contributed by atoms with Crippen LogP contribution < -0.4 is 5.73 Å². The number of amides is 1. The quantitative estimate of drug-likeness (QED) is 0.424. The van der Waals surface area contributed by atoms with Crippen LogP contribution in [0.2, 0.25) is 5.02 Å². The highest BCUT2D eigenvalue weighted by Crippen LogP contribution is 2.51. The molecule has 1 heterocycles. The van der Waals surface area contributed by atoms with Crippen LogP contribution in [-0.4, -0.2) is 75.8 Å². The van der Waals surface area contributed by atoms with Gasteiger partial charge < -0.3 is 21.1 Å². The van der Waals surface area contributed by atoms with Crippen molar-refractivity contribution in [3.63, 3.8) is 0 Å². The van der Waals surface area contributed by atoms with Crippen LogP contribution in [0, 0.1) is 17.8 Å². The van der Waals surface area contributed by atoms with Gasteiger partial charge in [-0.2, -0.15) is 0 Å². The van der Waals surface area contributed by atoms with Gasteiger partial charge in [-0.15, -0.1) is 0 Å². The maximum Gasteiger partial charge on any atom is 0.255 e. The van der Waals surface area contributed by atoms with Crippen LogP contribution >= 0.6 is 11.6 Å². The highest BCUT2D eigenvalue weighted by Gasteiger charge is 2.54. The summed E-state index contributed by atoms with van der Waals surface area (Å²) in [5.41, 5.74) is 6.27. The molecule has 10 heteroatoms. The van der Waals surface area contributed by atoms with Gasteiger partial charge in [-0.1, -0.05) is 24.4 Å². The number of likely N-dealkylation sites (N-methyl/N-ethyl adjacent to an activating group) is 1. The molecule has 1 saturated heterocycles. The molecule has 1 fully saturated rings. The third-order valence-corrected chi connectivity index (χ3v) is 9.14. The summed E-state index contributed by atoms with van der Waals surface area (Å²) >= 11 is 6.88. The van der Waals surface area contributed by atoms with Gasteiger partial charge >= 0.3 is 0 Å². The Labute approximate surface area is 226 Å². The minimum Gasteiger partial charge on any atom is -0.511 e. The highest BCUT2D eigenvalue weighted by molar-refractivity contribution is 6.33. The van der Waals surface area contributed by atoms with Crippen LogP contribution in [0.5, 0.6) is 5.75 Å². The van der Waals surface area contributed by atoms with E-state index in [1.807, 2.05) is 0 Å². The Morgan fingerprint density at radius 1 is 1.11 bits per heavy atom. The summed E-state index contributed by atoms with van der Waals surface area (Å²) in [6, 6.07) is 0.784. The van der Waals surface area contributed by atoms with E-state index in [-0.39, 0.29) is 16.9 Å². The van der Waals surface area contributed by atoms with Crippen LogP contribution in [-0.2, 0) is 22.6 Å². The van der Waals surface area contributed by atoms with E-state index < -0.39 is 58.4 Å². The van der Waals surface area contributed by atoms with Crippen molar-refractivity contribution in [2.75, 3.05) is 27.2 Å². The molecule has 1 aromatic carbocycles. The summed E-state index contributed by atoms with van der Waals surface area (Å²) in [5, 5.41) is 33.6. The summed E-state index contributed by atoms with van der Waals surface area (Å²) < 4.78 is 0. The molecule has 0 aromatic heterocycles. The van der Waals surface area contributed by atoms with Gasteiger partial charge in [0, 0.05) is 17.1 Å². The summed E-state index contributed by atoms with van der Waals surface area (Å²) in [7, 11) is 3.40. The van der Waals surface area contributed by atoms with Crippen LogP contribution in [0.25, 0.3) is 0 Å². The third-order valence-electron chi connectivity index (χ3n) is 8.67. The van der Waals surface area contributed by atoms with Gasteiger partial charge in [0.05, 0.1) is 17.5 Å². The van der Waals surface area contributed by atoms with Crippen LogP contribution in [0.4, 0.5) is 0 Å². The van der Waals surface area contributed by atoms with Crippen molar-refractivity contribution in [1.82, 2.24) is 9.80 Å². The SMILES string of the molecule is CN(C)[C@@H]1C(O)=C(C(N)=O)C(=O)[C@H]2C(O)=C3C(=O)c4c(O)cc(CN5CCCCCC5)c(Cl)c4C[C@H]3C[C@H]21. The number of likely N-dealkylation sites (tertiary alicyclic amines) is 1. The number of hydrogen-bond donors (Lipinski definition) is 4. The van der Waals surface area contributed by atoms with Crippen molar-refractivity contribution in [2.24, 2.45) is 23.5 Å². The van der Waals surface area contributed by atoms with E-state index in [0.29, 0.717) is 30.0 Å². The molecule has 0 saturated carbocycles. The molecule has 1 aliphatic heterocycles. The molecule has 4 aliphatic rings. The molecule has 4 atom stereocenters. The van der Waals surface area contributed by atoms with Crippen molar-refractivity contribution < 1.29 is 29.7 Å². The molecule has 0 spiro atoms. The molecule has 204 valence electrons. The lowest BCUT2D eigenvalue weighted by Gasteiger charge is -2.46. The van der Waals surface area contributed by atoms with Gasteiger partial charge in [0.25, 0.3) is 5.91 Å². The molecule has 0 radical (unpaired) electrons. The molecule has 38 heavy (non-hydrogen) atoms. The van der Waals surface area contributed by atoms with Crippen LogP contribution in [0.1, 0.15) is 53.6 Å². The second-order valence-corrected chi connectivity index (χ2v) is 11.6. The first-order chi connectivity index (χ1) is 18.0. The second-order valence-electron chi connectivity index (χ2n) is 11.2. The molecular weight excluding hydrogens is 510 g/mol. The Kier molecular flexibility index (Phi) is 7.04. The van der Waals surface area contributed by atoms with E-state index in [1.54, 1.807) is 19.0 Å². The first kappa shape index (κ1) is 26.7. The van der Waals surface area contributed by atoms with Gasteiger partial charge in [-0.25, -0.2) is 0 Å². The number of Topliss-reactive ketones (excluding diaryl/α,β-unsaturated/α-hetero) is 2. The number of phenols is 1. The minimum atomic E-state index is -1.20. The fraction of sp³-hybridized carbons (Fsp3) is 0.536. The number of phenolic OH excluding ortho intramolecular Hbond substituents is 1. The number of rotatable bonds is 4. The molecular formula is C28H34ClN3O6. The number of nitrogens with zero attached hydrogens (tertiary/aromatic N) is 2. The van der Waals surface area contributed by atoms with Crippen molar-refractivity contribution >= 4 is 29.1 Å². The topological polar surface area (TPSA) is 144 Å². The first-order valence-corrected chi connectivity index (χ1v) is 13.6. The number of benzene rings is 1. The fourth-order valence-corrected chi connectivity index (χ4v) is 7.31.